The molecule has 0 radical (unpaired) electrons. The number of hydrogen-bond acceptors (Lipinski definition) is 2. The van der Waals surface area contributed by atoms with Crippen molar-refractivity contribution in [2.24, 2.45) is 0 Å². The van der Waals surface area contributed by atoms with Crippen LogP contribution in [0.25, 0.3) is 0 Å². The molecule has 17 heavy (non-hydrogen) atoms. The SMILES string of the molecule is COC(C)(C)CC(=O)Cc1cc(Cl)ccc1F. The highest BCUT2D eigenvalue weighted by atomic mass is 35.5. The average molecular weight is 259 g/mol. The minimum Gasteiger partial charge on any atom is -0.378 e. The van der Waals surface area contributed by atoms with Crippen LogP contribution in [-0.4, -0.2) is 18.5 Å². The third-order valence-corrected chi connectivity index (χ3v) is 2.81. The summed E-state index contributed by atoms with van der Waals surface area (Å²) >= 11 is 5.76. The topological polar surface area (TPSA) is 26.3 Å². The van der Waals surface area contributed by atoms with Crippen molar-refractivity contribution < 1.29 is 13.9 Å². The van der Waals surface area contributed by atoms with Crippen molar-refractivity contribution in [3.05, 3.63) is 34.6 Å². The zero-order valence-electron chi connectivity index (χ0n) is 10.2. The summed E-state index contributed by atoms with van der Waals surface area (Å²) < 4.78 is 18.6. The minimum atomic E-state index is -0.522. The molecule has 0 aliphatic rings. The standard InChI is InChI=1S/C13H16ClFO2/c1-13(2,17-3)8-11(16)7-9-6-10(14)4-5-12(9)15/h4-6H,7-8H2,1-3H3. The van der Waals surface area contributed by atoms with E-state index in [9.17, 15) is 9.18 Å². The number of Topliss-reactive ketones (excluding diaryl/α,β-unsaturated/α-hetero) is 1. The fourth-order valence-corrected chi connectivity index (χ4v) is 1.70. The Bertz CT molecular complexity index is 416. The van der Waals surface area contributed by atoms with Gasteiger partial charge in [0.05, 0.1) is 5.60 Å². The number of carbonyl (C=O) groups is 1. The van der Waals surface area contributed by atoms with E-state index in [0.717, 1.165) is 0 Å². The zero-order valence-corrected chi connectivity index (χ0v) is 11.0. The number of halogens is 2. The van der Waals surface area contributed by atoms with Gasteiger partial charge in [0, 0.05) is 25.0 Å². The molecule has 0 aliphatic heterocycles. The van der Waals surface area contributed by atoms with E-state index < -0.39 is 11.4 Å². The molecule has 0 atom stereocenters. The maximum atomic E-state index is 13.4. The summed E-state index contributed by atoms with van der Waals surface area (Å²) in [5.74, 6) is -0.476. The third-order valence-electron chi connectivity index (χ3n) is 2.57. The van der Waals surface area contributed by atoms with Crippen LogP contribution in [0.4, 0.5) is 4.39 Å². The van der Waals surface area contributed by atoms with Crippen LogP contribution in [0.1, 0.15) is 25.8 Å². The molecule has 1 rings (SSSR count). The quantitative estimate of drug-likeness (QED) is 0.809. The third kappa shape index (κ3) is 4.44. The molecule has 0 unspecified atom stereocenters. The lowest BCUT2D eigenvalue weighted by Crippen LogP contribution is -2.27. The molecule has 2 nitrogen and oxygen atoms in total. The van der Waals surface area contributed by atoms with E-state index in [1.54, 1.807) is 7.11 Å². The maximum Gasteiger partial charge on any atom is 0.140 e. The van der Waals surface area contributed by atoms with Gasteiger partial charge in [-0.05, 0) is 37.6 Å². The first kappa shape index (κ1) is 14.1. The monoisotopic (exact) mass is 258 g/mol. The average Bonchev–Trinajstić information content (AvgIpc) is 2.23. The van der Waals surface area contributed by atoms with E-state index in [0.29, 0.717) is 10.6 Å². The van der Waals surface area contributed by atoms with Crippen LogP contribution in [0.2, 0.25) is 5.02 Å². The normalized spacial score (nSPS) is 11.6. The fourth-order valence-electron chi connectivity index (χ4n) is 1.50. The van der Waals surface area contributed by atoms with Crippen molar-refractivity contribution in [1.82, 2.24) is 0 Å². The smallest absolute Gasteiger partial charge is 0.140 e. The van der Waals surface area contributed by atoms with E-state index >= 15 is 0 Å². The van der Waals surface area contributed by atoms with Gasteiger partial charge < -0.3 is 4.74 Å². The second-order valence-corrected chi connectivity index (χ2v) is 5.03. The summed E-state index contributed by atoms with van der Waals surface area (Å²) in [5.41, 5.74) is -0.194. The predicted molar refractivity (Wildman–Crippen MR) is 65.8 cm³/mol. The van der Waals surface area contributed by atoms with Crippen LogP contribution in [0.15, 0.2) is 18.2 Å². The summed E-state index contributed by atoms with van der Waals surface area (Å²) in [6.45, 7) is 3.64. The van der Waals surface area contributed by atoms with E-state index in [4.69, 9.17) is 16.3 Å². The highest BCUT2D eigenvalue weighted by Gasteiger charge is 2.21. The molecular formula is C13H16ClFO2. The van der Waals surface area contributed by atoms with Crippen LogP contribution in [0.3, 0.4) is 0 Å². The maximum absolute atomic E-state index is 13.4. The molecule has 0 amide bonds. The van der Waals surface area contributed by atoms with E-state index in [-0.39, 0.29) is 18.6 Å². The van der Waals surface area contributed by atoms with Gasteiger partial charge in [0.2, 0.25) is 0 Å². The number of methoxy groups -OCH3 is 1. The van der Waals surface area contributed by atoms with Crippen LogP contribution >= 0.6 is 11.6 Å². The second-order valence-electron chi connectivity index (χ2n) is 4.59. The Morgan fingerprint density at radius 2 is 2.12 bits per heavy atom. The zero-order chi connectivity index (χ0) is 13.1. The molecule has 4 heteroatoms. The van der Waals surface area contributed by atoms with Gasteiger partial charge in [-0.15, -0.1) is 0 Å². The summed E-state index contributed by atoms with van der Waals surface area (Å²) in [5, 5.41) is 0.431. The van der Waals surface area contributed by atoms with Crippen molar-refractivity contribution in [3.63, 3.8) is 0 Å². The molecule has 1 aromatic carbocycles. The van der Waals surface area contributed by atoms with Gasteiger partial charge in [0.1, 0.15) is 11.6 Å². The summed E-state index contributed by atoms with van der Waals surface area (Å²) in [7, 11) is 1.55. The number of benzene rings is 1. The van der Waals surface area contributed by atoms with Gasteiger partial charge >= 0.3 is 0 Å². The van der Waals surface area contributed by atoms with Gasteiger partial charge in [0.15, 0.2) is 0 Å². The van der Waals surface area contributed by atoms with Gasteiger partial charge in [-0.1, -0.05) is 11.6 Å². The Labute approximate surface area is 106 Å². The Kier molecular flexibility index (Phi) is 4.66. The highest BCUT2D eigenvalue weighted by Crippen LogP contribution is 2.19. The van der Waals surface area contributed by atoms with Gasteiger partial charge in [-0.3, -0.25) is 4.79 Å². The molecule has 94 valence electrons. The molecular weight excluding hydrogens is 243 g/mol. The molecule has 0 spiro atoms. The first-order valence-corrected chi connectivity index (χ1v) is 5.72. The fraction of sp³-hybridized carbons (Fsp3) is 0.462. The van der Waals surface area contributed by atoms with Crippen molar-refractivity contribution in [3.8, 4) is 0 Å². The number of ketones is 1. The molecule has 0 aromatic heterocycles. The van der Waals surface area contributed by atoms with Gasteiger partial charge in [-0.25, -0.2) is 4.39 Å². The van der Waals surface area contributed by atoms with E-state index in [2.05, 4.69) is 0 Å². The molecule has 1 aromatic rings. The lowest BCUT2D eigenvalue weighted by atomic mass is 9.97. The van der Waals surface area contributed by atoms with Crippen LogP contribution in [0.5, 0.6) is 0 Å². The largest absolute Gasteiger partial charge is 0.378 e. The lowest BCUT2D eigenvalue weighted by Gasteiger charge is -2.21. The lowest BCUT2D eigenvalue weighted by molar-refractivity contribution is -0.123. The number of hydrogen-bond donors (Lipinski definition) is 0. The van der Waals surface area contributed by atoms with Gasteiger partial charge in [-0.2, -0.15) is 0 Å². The highest BCUT2D eigenvalue weighted by molar-refractivity contribution is 6.30. The van der Waals surface area contributed by atoms with Crippen LogP contribution in [0, 0.1) is 5.82 Å². The molecule has 0 bridgehead atoms. The number of carbonyl (C=O) groups excluding carboxylic acids is 1. The van der Waals surface area contributed by atoms with E-state index in [1.165, 1.54) is 18.2 Å². The van der Waals surface area contributed by atoms with Crippen molar-refractivity contribution in [2.45, 2.75) is 32.3 Å². The summed E-state index contributed by atoms with van der Waals surface area (Å²) in [6.07, 6.45) is 0.286. The van der Waals surface area contributed by atoms with Gasteiger partial charge in [0.25, 0.3) is 0 Å². The van der Waals surface area contributed by atoms with Crippen LogP contribution < -0.4 is 0 Å². The second kappa shape index (κ2) is 5.61. The van der Waals surface area contributed by atoms with E-state index in [1.807, 2.05) is 13.8 Å². The van der Waals surface area contributed by atoms with Crippen molar-refractivity contribution >= 4 is 17.4 Å². The molecule has 0 fully saturated rings. The molecule has 0 heterocycles. The molecule has 0 N–H and O–H groups in total. The molecule has 0 saturated carbocycles. The Morgan fingerprint density at radius 3 is 2.71 bits per heavy atom. The number of ether oxygens (including phenoxy) is 1. The molecule has 0 aliphatic carbocycles. The first-order valence-electron chi connectivity index (χ1n) is 5.35. The Balaban J connectivity index is 2.71. The van der Waals surface area contributed by atoms with Crippen LogP contribution in [-0.2, 0) is 16.0 Å². The van der Waals surface area contributed by atoms with Crippen molar-refractivity contribution in [2.75, 3.05) is 7.11 Å². The molecule has 0 saturated heterocycles. The van der Waals surface area contributed by atoms with Crippen molar-refractivity contribution in [1.29, 1.82) is 0 Å². The Hall–Kier alpha value is -0.930. The predicted octanol–water partition coefficient (Wildman–Crippen LogP) is 3.41. The Morgan fingerprint density at radius 1 is 1.47 bits per heavy atom. The first-order chi connectivity index (χ1) is 7.84. The number of rotatable bonds is 5. The summed E-state index contributed by atoms with van der Waals surface area (Å²) in [6, 6.07) is 4.21. The summed E-state index contributed by atoms with van der Waals surface area (Å²) in [4.78, 5) is 11.8. The minimum absolute atomic E-state index is 0.0409.